The maximum Gasteiger partial charge on any atom is 0.394 e. The van der Waals surface area contributed by atoms with Gasteiger partial charge in [0.05, 0.1) is 4.92 Å². The number of nitrogens with one attached hydrogen (secondary N) is 1. The normalized spacial score (nSPS) is 13.1. The number of benzene rings is 1. The SMILES string of the molecule is CN(C(=O)C(=O)O)c1c([N+](=O)[O-])ccc2c1CCCN2. The van der Waals surface area contributed by atoms with Gasteiger partial charge in [-0.05, 0) is 18.9 Å². The molecule has 1 aliphatic rings. The van der Waals surface area contributed by atoms with E-state index in [0.717, 1.165) is 17.9 Å². The lowest BCUT2D eigenvalue weighted by molar-refractivity contribution is -0.384. The van der Waals surface area contributed by atoms with Gasteiger partial charge in [-0.3, -0.25) is 19.8 Å². The number of carbonyl (C=O) groups is 2. The quantitative estimate of drug-likeness (QED) is 0.474. The van der Waals surface area contributed by atoms with Crippen LogP contribution in [-0.4, -0.2) is 35.5 Å². The van der Waals surface area contributed by atoms with Crippen molar-refractivity contribution in [2.45, 2.75) is 12.8 Å². The first-order valence-electron chi connectivity index (χ1n) is 5.98. The molecule has 0 radical (unpaired) electrons. The Morgan fingerprint density at radius 3 is 2.75 bits per heavy atom. The molecule has 1 amide bonds. The first kappa shape index (κ1) is 13.8. The molecule has 1 aromatic rings. The van der Waals surface area contributed by atoms with Crippen molar-refractivity contribution >= 4 is 28.9 Å². The highest BCUT2D eigenvalue weighted by molar-refractivity contribution is 6.37. The molecular weight excluding hydrogens is 266 g/mol. The molecule has 0 atom stereocenters. The van der Waals surface area contributed by atoms with E-state index in [4.69, 9.17) is 5.11 Å². The highest BCUT2D eigenvalue weighted by atomic mass is 16.6. The van der Waals surface area contributed by atoms with Crippen molar-refractivity contribution in [1.29, 1.82) is 0 Å². The molecule has 0 saturated heterocycles. The molecule has 1 heterocycles. The van der Waals surface area contributed by atoms with E-state index in [1.54, 1.807) is 6.07 Å². The van der Waals surface area contributed by atoms with E-state index < -0.39 is 16.8 Å². The largest absolute Gasteiger partial charge is 0.474 e. The summed E-state index contributed by atoms with van der Waals surface area (Å²) in [6.45, 7) is 0.737. The Labute approximate surface area is 114 Å². The van der Waals surface area contributed by atoms with Crippen molar-refractivity contribution in [2.75, 3.05) is 23.8 Å². The number of hydrogen-bond donors (Lipinski definition) is 2. The highest BCUT2D eigenvalue weighted by Gasteiger charge is 2.30. The van der Waals surface area contributed by atoms with E-state index in [1.165, 1.54) is 13.1 Å². The summed E-state index contributed by atoms with van der Waals surface area (Å²) in [6.07, 6.45) is 1.31. The lowest BCUT2D eigenvalue weighted by atomic mass is 9.99. The summed E-state index contributed by atoms with van der Waals surface area (Å²) in [5.41, 5.74) is 1.07. The Kier molecular flexibility index (Phi) is 3.55. The van der Waals surface area contributed by atoms with Crippen LogP contribution >= 0.6 is 0 Å². The van der Waals surface area contributed by atoms with Crippen molar-refractivity contribution in [1.82, 2.24) is 0 Å². The summed E-state index contributed by atoms with van der Waals surface area (Å²) in [6, 6.07) is 2.85. The fraction of sp³-hybridized carbons (Fsp3) is 0.333. The molecule has 0 bridgehead atoms. The summed E-state index contributed by atoms with van der Waals surface area (Å²) in [4.78, 5) is 33.7. The van der Waals surface area contributed by atoms with Gasteiger partial charge in [0.2, 0.25) is 0 Å². The van der Waals surface area contributed by atoms with Gasteiger partial charge in [0.25, 0.3) is 5.69 Å². The Morgan fingerprint density at radius 1 is 1.45 bits per heavy atom. The number of hydrogen-bond acceptors (Lipinski definition) is 5. The number of nitrogens with zero attached hydrogens (tertiary/aromatic N) is 2. The van der Waals surface area contributed by atoms with E-state index in [0.29, 0.717) is 17.7 Å². The average Bonchev–Trinajstić information content (AvgIpc) is 2.44. The second-order valence-electron chi connectivity index (χ2n) is 4.42. The molecule has 106 valence electrons. The van der Waals surface area contributed by atoms with E-state index >= 15 is 0 Å². The van der Waals surface area contributed by atoms with Crippen LogP contribution in [0.5, 0.6) is 0 Å². The molecule has 2 rings (SSSR count). The number of carboxylic acids is 1. The van der Waals surface area contributed by atoms with Gasteiger partial charge < -0.3 is 10.4 Å². The predicted octanol–water partition coefficient (Wildman–Crippen LogP) is 1.00. The zero-order valence-corrected chi connectivity index (χ0v) is 10.8. The van der Waals surface area contributed by atoms with Crippen molar-refractivity contribution in [3.05, 3.63) is 27.8 Å². The number of nitro benzene ring substituents is 1. The molecule has 1 aliphatic heterocycles. The fourth-order valence-corrected chi connectivity index (χ4v) is 2.30. The lowest BCUT2D eigenvalue weighted by Gasteiger charge is -2.24. The van der Waals surface area contributed by atoms with Crippen LogP contribution in [0.25, 0.3) is 0 Å². The third-order valence-corrected chi connectivity index (χ3v) is 3.20. The molecular formula is C12H13N3O5. The Hall–Kier alpha value is -2.64. The number of amides is 1. The lowest BCUT2D eigenvalue weighted by Crippen LogP contribution is -2.34. The van der Waals surface area contributed by atoms with Crippen LogP contribution in [0.15, 0.2) is 12.1 Å². The maximum atomic E-state index is 11.6. The fourth-order valence-electron chi connectivity index (χ4n) is 2.30. The van der Waals surface area contributed by atoms with Crippen LogP contribution in [-0.2, 0) is 16.0 Å². The van der Waals surface area contributed by atoms with Gasteiger partial charge in [0.15, 0.2) is 0 Å². The molecule has 8 heteroatoms. The van der Waals surface area contributed by atoms with Gasteiger partial charge in [-0.1, -0.05) is 0 Å². The topological polar surface area (TPSA) is 113 Å². The Morgan fingerprint density at radius 2 is 2.15 bits per heavy atom. The van der Waals surface area contributed by atoms with E-state index in [1.807, 2.05) is 0 Å². The van der Waals surface area contributed by atoms with Gasteiger partial charge in [-0.2, -0.15) is 0 Å². The van der Waals surface area contributed by atoms with Crippen LogP contribution < -0.4 is 10.2 Å². The summed E-state index contributed by atoms with van der Waals surface area (Å²) >= 11 is 0. The summed E-state index contributed by atoms with van der Waals surface area (Å²) in [5, 5.41) is 23.0. The minimum Gasteiger partial charge on any atom is -0.474 e. The van der Waals surface area contributed by atoms with Crippen LogP contribution in [0.3, 0.4) is 0 Å². The number of nitro groups is 1. The van der Waals surface area contributed by atoms with Gasteiger partial charge in [0, 0.05) is 30.9 Å². The molecule has 0 aromatic heterocycles. The first-order valence-corrected chi connectivity index (χ1v) is 5.98. The third-order valence-electron chi connectivity index (χ3n) is 3.20. The molecule has 1 aromatic carbocycles. The molecule has 2 N–H and O–H groups in total. The van der Waals surface area contributed by atoms with Crippen molar-refractivity contribution < 1.29 is 19.6 Å². The maximum absolute atomic E-state index is 11.6. The summed E-state index contributed by atoms with van der Waals surface area (Å²) < 4.78 is 0. The average molecular weight is 279 g/mol. The number of fused-ring (bicyclic) bond motifs is 1. The Bertz CT molecular complexity index is 599. The molecule has 8 nitrogen and oxygen atoms in total. The van der Waals surface area contributed by atoms with Crippen LogP contribution in [0.1, 0.15) is 12.0 Å². The standard InChI is InChI=1S/C12H13N3O5/c1-14(11(16)12(17)18)10-7-3-2-6-13-8(7)4-5-9(10)15(19)20/h4-5,13H,2-3,6H2,1H3,(H,17,18). The van der Waals surface area contributed by atoms with E-state index in [-0.39, 0.29) is 11.4 Å². The van der Waals surface area contributed by atoms with Gasteiger partial charge in [0.1, 0.15) is 5.69 Å². The zero-order chi connectivity index (χ0) is 14.9. The van der Waals surface area contributed by atoms with Crippen LogP contribution in [0.4, 0.5) is 17.1 Å². The number of carbonyl (C=O) groups excluding carboxylic acids is 1. The number of carboxylic acid groups (broad SMARTS) is 1. The Balaban J connectivity index is 2.61. The monoisotopic (exact) mass is 279 g/mol. The molecule has 20 heavy (non-hydrogen) atoms. The number of rotatable bonds is 2. The van der Waals surface area contributed by atoms with Crippen molar-refractivity contribution in [3.63, 3.8) is 0 Å². The smallest absolute Gasteiger partial charge is 0.394 e. The van der Waals surface area contributed by atoms with E-state index in [9.17, 15) is 19.7 Å². The van der Waals surface area contributed by atoms with Crippen molar-refractivity contribution in [3.8, 4) is 0 Å². The minimum absolute atomic E-state index is 0.0482. The van der Waals surface area contributed by atoms with Gasteiger partial charge in [-0.25, -0.2) is 4.79 Å². The zero-order valence-electron chi connectivity index (χ0n) is 10.8. The number of anilines is 2. The predicted molar refractivity (Wildman–Crippen MR) is 71.0 cm³/mol. The molecule has 0 saturated carbocycles. The molecule has 0 unspecified atom stereocenters. The third kappa shape index (κ3) is 2.27. The highest BCUT2D eigenvalue weighted by Crippen LogP contribution is 2.38. The summed E-state index contributed by atoms with van der Waals surface area (Å²) in [5.74, 6) is -2.85. The molecule has 0 aliphatic carbocycles. The van der Waals surface area contributed by atoms with Crippen LogP contribution in [0, 0.1) is 10.1 Å². The van der Waals surface area contributed by atoms with Crippen LogP contribution in [0.2, 0.25) is 0 Å². The number of likely N-dealkylation sites (N-methyl/N-ethyl adjacent to an activating group) is 1. The van der Waals surface area contributed by atoms with Crippen molar-refractivity contribution in [2.24, 2.45) is 0 Å². The second-order valence-corrected chi connectivity index (χ2v) is 4.42. The molecule has 0 spiro atoms. The summed E-state index contributed by atoms with van der Waals surface area (Å²) in [7, 11) is 1.23. The first-order chi connectivity index (χ1) is 9.43. The van der Waals surface area contributed by atoms with E-state index in [2.05, 4.69) is 5.32 Å². The molecule has 0 fully saturated rings. The number of aliphatic carboxylic acids is 1. The second kappa shape index (κ2) is 5.16. The van der Waals surface area contributed by atoms with Gasteiger partial charge in [-0.15, -0.1) is 0 Å². The minimum atomic E-state index is -1.65. The van der Waals surface area contributed by atoms with Gasteiger partial charge >= 0.3 is 11.9 Å².